The molecule has 0 aliphatic carbocycles. The Hall–Kier alpha value is -0.890. The summed E-state index contributed by atoms with van der Waals surface area (Å²) in [5, 5.41) is 1.19. The molecule has 16 heavy (non-hydrogen) atoms. The summed E-state index contributed by atoms with van der Waals surface area (Å²) in [6, 6.07) is 10.5. The first kappa shape index (κ1) is 11.6. The summed E-state index contributed by atoms with van der Waals surface area (Å²) in [5.41, 5.74) is 2.24. The van der Waals surface area contributed by atoms with E-state index in [2.05, 4.69) is 54.9 Å². The van der Waals surface area contributed by atoms with Crippen LogP contribution in [-0.2, 0) is 0 Å². The number of hydrogen-bond acceptors (Lipinski definition) is 1. The molecule has 0 saturated carbocycles. The molecule has 0 fully saturated rings. The lowest BCUT2D eigenvalue weighted by molar-refractivity contribution is 0.525. The van der Waals surface area contributed by atoms with Gasteiger partial charge in [-0.25, -0.2) is 0 Å². The van der Waals surface area contributed by atoms with Crippen molar-refractivity contribution >= 4 is 26.8 Å². The van der Waals surface area contributed by atoms with Crippen molar-refractivity contribution in [1.29, 1.82) is 0 Å². The second-order valence-electron chi connectivity index (χ2n) is 4.58. The zero-order valence-corrected chi connectivity index (χ0v) is 11.5. The van der Waals surface area contributed by atoms with Gasteiger partial charge in [-0.3, -0.25) is 4.98 Å². The van der Waals surface area contributed by atoms with Gasteiger partial charge in [0.25, 0.3) is 0 Å². The Morgan fingerprint density at radius 3 is 2.50 bits per heavy atom. The molecular weight excluding hydrogens is 262 g/mol. The Morgan fingerprint density at radius 2 is 1.81 bits per heavy atom. The molecule has 1 nitrogen and oxygen atoms in total. The number of halogens is 1. The Morgan fingerprint density at radius 1 is 1.06 bits per heavy atom. The lowest BCUT2D eigenvalue weighted by Crippen LogP contribution is -2.04. The molecule has 1 aromatic heterocycles. The molecule has 1 unspecified atom stereocenters. The van der Waals surface area contributed by atoms with E-state index in [0.29, 0.717) is 11.8 Å². The normalized spacial score (nSPS) is 13.3. The molecule has 0 saturated heterocycles. The molecule has 2 heteroatoms. The van der Waals surface area contributed by atoms with Crippen molar-refractivity contribution in [2.24, 2.45) is 5.92 Å². The molecule has 0 radical (unpaired) electrons. The monoisotopic (exact) mass is 277 g/mol. The van der Waals surface area contributed by atoms with E-state index in [1.54, 1.807) is 0 Å². The number of benzene rings is 1. The summed E-state index contributed by atoms with van der Waals surface area (Å²) >= 11 is 3.55. The van der Waals surface area contributed by atoms with E-state index in [1.807, 2.05) is 12.1 Å². The molecule has 2 aromatic rings. The molecule has 0 bridgehead atoms. The summed E-state index contributed by atoms with van der Waals surface area (Å²) in [7, 11) is 0. The van der Waals surface area contributed by atoms with Gasteiger partial charge in [-0.2, -0.15) is 0 Å². The Bertz CT molecular complexity index is 505. The van der Waals surface area contributed by atoms with Crippen molar-refractivity contribution in [3.05, 3.63) is 40.5 Å². The third kappa shape index (κ3) is 2.12. The minimum Gasteiger partial charge on any atom is -0.251 e. The van der Waals surface area contributed by atoms with E-state index in [1.165, 1.54) is 11.1 Å². The molecule has 1 atom stereocenters. The van der Waals surface area contributed by atoms with Crippen LogP contribution < -0.4 is 0 Å². The van der Waals surface area contributed by atoms with Crippen LogP contribution in [-0.4, -0.2) is 4.98 Å². The second kappa shape index (κ2) is 4.54. The van der Waals surface area contributed by atoms with Gasteiger partial charge in [-0.1, -0.05) is 39.0 Å². The largest absolute Gasteiger partial charge is 0.251 e. The third-order valence-corrected chi connectivity index (χ3v) is 3.80. The summed E-state index contributed by atoms with van der Waals surface area (Å²) in [4.78, 5) is 4.75. The zero-order chi connectivity index (χ0) is 11.7. The fraction of sp³-hybridized carbons (Fsp3) is 0.357. The maximum Gasteiger partial charge on any atom is 0.0847 e. The van der Waals surface area contributed by atoms with Gasteiger partial charge in [0.2, 0.25) is 0 Å². The predicted molar refractivity (Wildman–Crippen MR) is 72.7 cm³/mol. The van der Waals surface area contributed by atoms with E-state index in [4.69, 9.17) is 4.98 Å². The highest BCUT2D eigenvalue weighted by atomic mass is 79.9. The van der Waals surface area contributed by atoms with Crippen LogP contribution in [0.5, 0.6) is 0 Å². The van der Waals surface area contributed by atoms with Gasteiger partial charge in [0.15, 0.2) is 0 Å². The number of para-hydroxylation sites is 1. The maximum atomic E-state index is 4.75. The topological polar surface area (TPSA) is 12.9 Å². The predicted octanol–water partition coefficient (Wildman–Crippen LogP) is 4.76. The summed E-state index contributed by atoms with van der Waals surface area (Å²) in [6.45, 7) is 6.70. The van der Waals surface area contributed by atoms with E-state index >= 15 is 0 Å². The quantitative estimate of drug-likeness (QED) is 0.772. The Balaban J connectivity index is 2.55. The third-order valence-electron chi connectivity index (χ3n) is 3.16. The van der Waals surface area contributed by atoms with Gasteiger partial charge >= 0.3 is 0 Å². The zero-order valence-electron chi connectivity index (χ0n) is 9.87. The standard InChI is InChI=1S/C14H16BrN/c1-9(2)10(3)13-8-7-11-5-4-6-12(15)14(11)16-13/h4-10H,1-3H3. The summed E-state index contributed by atoms with van der Waals surface area (Å²) < 4.78 is 1.07. The van der Waals surface area contributed by atoms with E-state index < -0.39 is 0 Å². The molecule has 0 aliphatic rings. The number of nitrogens with zero attached hydrogens (tertiary/aromatic N) is 1. The van der Waals surface area contributed by atoms with E-state index in [-0.39, 0.29) is 0 Å². The first-order valence-corrected chi connectivity index (χ1v) is 6.44. The molecule has 0 N–H and O–H groups in total. The lowest BCUT2D eigenvalue weighted by atomic mass is 9.94. The first-order chi connectivity index (χ1) is 7.59. The molecule has 84 valence electrons. The molecule has 1 heterocycles. The molecular formula is C14H16BrN. The molecule has 2 rings (SSSR count). The molecule has 1 aromatic carbocycles. The van der Waals surface area contributed by atoms with Crippen LogP contribution >= 0.6 is 15.9 Å². The number of aromatic nitrogens is 1. The smallest absolute Gasteiger partial charge is 0.0847 e. The van der Waals surface area contributed by atoms with Gasteiger partial charge in [-0.05, 0) is 34.0 Å². The highest BCUT2D eigenvalue weighted by Crippen LogP contribution is 2.27. The van der Waals surface area contributed by atoms with E-state index in [9.17, 15) is 0 Å². The van der Waals surface area contributed by atoms with Crippen molar-refractivity contribution in [3.63, 3.8) is 0 Å². The molecule has 0 spiro atoms. The average Bonchev–Trinajstić information content (AvgIpc) is 2.28. The first-order valence-electron chi connectivity index (χ1n) is 5.64. The van der Waals surface area contributed by atoms with Gasteiger partial charge < -0.3 is 0 Å². The molecule has 0 amide bonds. The Labute approximate surface area is 105 Å². The van der Waals surface area contributed by atoms with Crippen LogP contribution in [0.1, 0.15) is 32.4 Å². The van der Waals surface area contributed by atoms with Gasteiger partial charge in [-0.15, -0.1) is 0 Å². The summed E-state index contributed by atoms with van der Waals surface area (Å²) in [6.07, 6.45) is 0. The second-order valence-corrected chi connectivity index (χ2v) is 5.43. The van der Waals surface area contributed by atoms with Crippen molar-refractivity contribution in [1.82, 2.24) is 4.98 Å². The minimum absolute atomic E-state index is 0.497. The fourth-order valence-corrected chi connectivity index (χ4v) is 2.19. The number of pyridine rings is 1. The minimum atomic E-state index is 0.497. The highest BCUT2D eigenvalue weighted by molar-refractivity contribution is 9.10. The van der Waals surface area contributed by atoms with Crippen molar-refractivity contribution < 1.29 is 0 Å². The van der Waals surface area contributed by atoms with Crippen LogP contribution in [0.15, 0.2) is 34.8 Å². The maximum absolute atomic E-state index is 4.75. The SMILES string of the molecule is CC(C)C(C)c1ccc2cccc(Br)c2n1. The van der Waals surface area contributed by atoms with Crippen LogP contribution in [0.25, 0.3) is 10.9 Å². The van der Waals surface area contributed by atoms with E-state index in [0.717, 1.165) is 9.99 Å². The van der Waals surface area contributed by atoms with Crippen LogP contribution in [0.3, 0.4) is 0 Å². The Kier molecular flexibility index (Phi) is 3.29. The van der Waals surface area contributed by atoms with Crippen LogP contribution in [0, 0.1) is 5.92 Å². The number of fused-ring (bicyclic) bond motifs is 1. The summed E-state index contributed by atoms with van der Waals surface area (Å²) in [5.74, 6) is 1.11. The van der Waals surface area contributed by atoms with Gasteiger partial charge in [0.05, 0.1) is 5.52 Å². The number of hydrogen-bond donors (Lipinski definition) is 0. The number of rotatable bonds is 2. The average molecular weight is 278 g/mol. The lowest BCUT2D eigenvalue weighted by Gasteiger charge is -2.15. The van der Waals surface area contributed by atoms with Gasteiger partial charge in [0.1, 0.15) is 0 Å². The van der Waals surface area contributed by atoms with Crippen LogP contribution in [0.4, 0.5) is 0 Å². The van der Waals surface area contributed by atoms with Crippen molar-refractivity contribution in [3.8, 4) is 0 Å². The van der Waals surface area contributed by atoms with Gasteiger partial charge in [0, 0.05) is 21.5 Å². The van der Waals surface area contributed by atoms with Crippen molar-refractivity contribution in [2.75, 3.05) is 0 Å². The van der Waals surface area contributed by atoms with Crippen LogP contribution in [0.2, 0.25) is 0 Å². The highest BCUT2D eigenvalue weighted by Gasteiger charge is 2.12. The molecule has 0 aliphatic heterocycles. The fourth-order valence-electron chi connectivity index (χ4n) is 1.72. The van der Waals surface area contributed by atoms with Crippen molar-refractivity contribution in [2.45, 2.75) is 26.7 Å².